The Kier molecular flexibility index (Phi) is 4.87. The van der Waals surface area contributed by atoms with Gasteiger partial charge in [0.25, 0.3) is 0 Å². The second-order valence-electron chi connectivity index (χ2n) is 4.28. The zero-order valence-electron chi connectivity index (χ0n) is 11.2. The van der Waals surface area contributed by atoms with Crippen LogP contribution in [0, 0.1) is 0 Å². The van der Waals surface area contributed by atoms with Gasteiger partial charge >= 0.3 is 0 Å². The molecule has 0 aliphatic carbocycles. The molecular formula is C16H16O4. The Bertz CT molecular complexity index is 566. The molecule has 104 valence electrons. The van der Waals surface area contributed by atoms with Crippen molar-refractivity contribution in [3.8, 4) is 5.75 Å². The lowest BCUT2D eigenvalue weighted by atomic mass is 10.1. The van der Waals surface area contributed by atoms with Gasteiger partial charge in [-0.3, -0.25) is 4.79 Å². The van der Waals surface area contributed by atoms with Crippen molar-refractivity contribution >= 4 is 6.29 Å². The van der Waals surface area contributed by atoms with Gasteiger partial charge in [-0.25, -0.2) is 0 Å². The SMILES string of the molecule is COC(O)c1cc(C=O)ccc1OCc1ccccc1. The fourth-order valence-corrected chi connectivity index (χ4v) is 1.83. The highest BCUT2D eigenvalue weighted by molar-refractivity contribution is 5.75. The molecule has 0 saturated heterocycles. The van der Waals surface area contributed by atoms with Crippen LogP contribution in [0.1, 0.15) is 27.8 Å². The minimum absolute atomic E-state index is 0.380. The summed E-state index contributed by atoms with van der Waals surface area (Å²) in [4.78, 5) is 10.8. The summed E-state index contributed by atoms with van der Waals surface area (Å²) in [6.07, 6.45) is -0.409. The highest BCUT2D eigenvalue weighted by Gasteiger charge is 2.14. The van der Waals surface area contributed by atoms with E-state index in [1.165, 1.54) is 7.11 Å². The smallest absolute Gasteiger partial charge is 0.184 e. The van der Waals surface area contributed by atoms with Gasteiger partial charge in [0.2, 0.25) is 0 Å². The average Bonchev–Trinajstić information content (AvgIpc) is 2.53. The van der Waals surface area contributed by atoms with Crippen molar-refractivity contribution in [3.05, 3.63) is 65.2 Å². The zero-order chi connectivity index (χ0) is 14.4. The lowest BCUT2D eigenvalue weighted by molar-refractivity contribution is -0.0784. The molecule has 1 unspecified atom stereocenters. The van der Waals surface area contributed by atoms with Crippen molar-refractivity contribution in [2.24, 2.45) is 0 Å². The molecule has 2 aromatic carbocycles. The predicted octanol–water partition coefficient (Wildman–Crippen LogP) is 2.72. The minimum Gasteiger partial charge on any atom is -0.488 e. The van der Waals surface area contributed by atoms with Crippen molar-refractivity contribution in [2.75, 3.05) is 7.11 Å². The van der Waals surface area contributed by atoms with Crippen molar-refractivity contribution in [1.29, 1.82) is 0 Å². The molecule has 0 saturated carbocycles. The Labute approximate surface area is 117 Å². The van der Waals surface area contributed by atoms with Gasteiger partial charge in [-0.15, -0.1) is 0 Å². The zero-order valence-corrected chi connectivity index (χ0v) is 11.2. The molecule has 0 bridgehead atoms. The van der Waals surface area contributed by atoms with Crippen LogP contribution in [0.25, 0.3) is 0 Å². The first-order chi connectivity index (χ1) is 9.74. The van der Waals surface area contributed by atoms with E-state index in [4.69, 9.17) is 9.47 Å². The lowest BCUT2D eigenvalue weighted by Crippen LogP contribution is -2.05. The standard InChI is InChI=1S/C16H16O4/c1-19-16(18)14-9-13(10-17)7-8-15(14)20-11-12-5-3-2-4-6-12/h2-10,16,18H,11H2,1H3. The third-order valence-corrected chi connectivity index (χ3v) is 2.90. The number of rotatable bonds is 6. The topological polar surface area (TPSA) is 55.8 Å². The number of hydrogen-bond acceptors (Lipinski definition) is 4. The number of carbonyl (C=O) groups excluding carboxylic acids is 1. The number of aldehydes is 1. The van der Waals surface area contributed by atoms with Gasteiger partial charge in [-0.2, -0.15) is 0 Å². The van der Waals surface area contributed by atoms with Gasteiger partial charge in [0, 0.05) is 12.7 Å². The van der Waals surface area contributed by atoms with Crippen LogP contribution in [0.15, 0.2) is 48.5 Å². The highest BCUT2D eigenvalue weighted by Crippen LogP contribution is 2.27. The molecule has 0 fully saturated rings. The Morgan fingerprint density at radius 1 is 1.20 bits per heavy atom. The molecule has 0 heterocycles. The molecule has 1 atom stereocenters. The summed E-state index contributed by atoms with van der Waals surface area (Å²) in [5.41, 5.74) is 1.92. The highest BCUT2D eigenvalue weighted by atomic mass is 16.6. The minimum atomic E-state index is -1.12. The van der Waals surface area contributed by atoms with Crippen LogP contribution < -0.4 is 4.74 Å². The number of methoxy groups -OCH3 is 1. The Morgan fingerprint density at radius 2 is 1.95 bits per heavy atom. The monoisotopic (exact) mass is 272 g/mol. The normalized spacial score (nSPS) is 11.9. The van der Waals surface area contributed by atoms with Crippen LogP contribution in [-0.4, -0.2) is 18.5 Å². The number of ether oxygens (including phenoxy) is 2. The molecule has 0 aliphatic heterocycles. The Hall–Kier alpha value is -2.17. The lowest BCUT2D eigenvalue weighted by Gasteiger charge is -2.15. The van der Waals surface area contributed by atoms with Crippen LogP contribution in [0.2, 0.25) is 0 Å². The maximum Gasteiger partial charge on any atom is 0.184 e. The second-order valence-corrected chi connectivity index (χ2v) is 4.28. The van der Waals surface area contributed by atoms with Crippen molar-refractivity contribution in [3.63, 3.8) is 0 Å². The largest absolute Gasteiger partial charge is 0.488 e. The van der Waals surface area contributed by atoms with Gasteiger partial charge < -0.3 is 14.6 Å². The van der Waals surface area contributed by atoms with Gasteiger partial charge in [0.1, 0.15) is 18.6 Å². The molecule has 0 aliphatic rings. The summed E-state index contributed by atoms with van der Waals surface area (Å²) in [7, 11) is 1.39. The van der Waals surface area contributed by atoms with E-state index in [2.05, 4.69) is 0 Å². The fourth-order valence-electron chi connectivity index (χ4n) is 1.83. The van der Waals surface area contributed by atoms with Crippen LogP contribution in [0.3, 0.4) is 0 Å². The molecule has 2 aromatic rings. The van der Waals surface area contributed by atoms with E-state index in [0.717, 1.165) is 5.56 Å². The number of benzene rings is 2. The van der Waals surface area contributed by atoms with Crippen LogP contribution in [-0.2, 0) is 11.3 Å². The molecule has 0 aromatic heterocycles. The Morgan fingerprint density at radius 3 is 2.60 bits per heavy atom. The molecule has 0 amide bonds. The number of hydrogen-bond donors (Lipinski definition) is 1. The van der Waals surface area contributed by atoms with Crippen molar-refractivity contribution in [1.82, 2.24) is 0 Å². The maximum atomic E-state index is 10.8. The van der Waals surface area contributed by atoms with Gasteiger partial charge in [-0.05, 0) is 23.8 Å². The van der Waals surface area contributed by atoms with Crippen LogP contribution >= 0.6 is 0 Å². The molecule has 0 spiro atoms. The fraction of sp³-hybridized carbons (Fsp3) is 0.188. The molecule has 2 rings (SSSR count). The van der Waals surface area contributed by atoms with E-state index in [1.807, 2.05) is 30.3 Å². The van der Waals surface area contributed by atoms with E-state index in [1.54, 1.807) is 18.2 Å². The third kappa shape index (κ3) is 3.44. The van der Waals surface area contributed by atoms with E-state index >= 15 is 0 Å². The summed E-state index contributed by atoms with van der Waals surface area (Å²) in [6, 6.07) is 14.5. The molecular weight excluding hydrogens is 256 g/mol. The van der Waals surface area contributed by atoms with Gasteiger partial charge in [0.15, 0.2) is 6.29 Å². The summed E-state index contributed by atoms with van der Waals surface area (Å²) in [6.45, 7) is 0.380. The number of aliphatic hydroxyl groups is 1. The van der Waals surface area contributed by atoms with Crippen molar-refractivity contribution < 1.29 is 19.4 Å². The van der Waals surface area contributed by atoms with Crippen LogP contribution in [0.4, 0.5) is 0 Å². The number of carbonyl (C=O) groups is 1. The maximum absolute atomic E-state index is 10.8. The molecule has 0 radical (unpaired) electrons. The molecule has 4 heteroatoms. The summed E-state index contributed by atoms with van der Waals surface area (Å²) >= 11 is 0. The second kappa shape index (κ2) is 6.84. The summed E-state index contributed by atoms with van der Waals surface area (Å²) < 4.78 is 10.6. The molecule has 1 N–H and O–H groups in total. The average molecular weight is 272 g/mol. The number of aliphatic hydroxyl groups excluding tert-OH is 1. The van der Waals surface area contributed by atoms with E-state index in [-0.39, 0.29) is 0 Å². The summed E-state index contributed by atoms with van der Waals surface area (Å²) in [5, 5.41) is 9.81. The first-order valence-electron chi connectivity index (χ1n) is 6.21. The van der Waals surface area contributed by atoms with E-state index < -0.39 is 6.29 Å². The van der Waals surface area contributed by atoms with Gasteiger partial charge in [-0.1, -0.05) is 30.3 Å². The first kappa shape index (κ1) is 14.2. The van der Waals surface area contributed by atoms with Crippen LogP contribution in [0.5, 0.6) is 5.75 Å². The quantitative estimate of drug-likeness (QED) is 0.649. The van der Waals surface area contributed by atoms with Crippen molar-refractivity contribution in [2.45, 2.75) is 12.9 Å². The molecule has 20 heavy (non-hydrogen) atoms. The molecule has 4 nitrogen and oxygen atoms in total. The predicted molar refractivity (Wildman–Crippen MR) is 74.6 cm³/mol. The van der Waals surface area contributed by atoms with E-state index in [9.17, 15) is 9.90 Å². The third-order valence-electron chi connectivity index (χ3n) is 2.90. The van der Waals surface area contributed by atoms with E-state index in [0.29, 0.717) is 29.8 Å². The first-order valence-corrected chi connectivity index (χ1v) is 6.21. The van der Waals surface area contributed by atoms with Gasteiger partial charge in [0.05, 0.1) is 5.56 Å². The Balaban J connectivity index is 2.20. The summed E-state index contributed by atoms with van der Waals surface area (Å²) in [5.74, 6) is 0.494.